The van der Waals surface area contributed by atoms with Crippen molar-refractivity contribution in [1.82, 2.24) is 0 Å². The van der Waals surface area contributed by atoms with Gasteiger partial charge in [-0.1, -0.05) is 60.4 Å². The summed E-state index contributed by atoms with van der Waals surface area (Å²) in [4.78, 5) is 0. The number of allylic oxidation sites excluding steroid dienone is 2. The second-order valence-corrected chi connectivity index (χ2v) is 5.98. The number of hydroxylamine groups is 3. The summed E-state index contributed by atoms with van der Waals surface area (Å²) in [6, 6.07) is 18.6. The van der Waals surface area contributed by atoms with Gasteiger partial charge in [0.25, 0.3) is 0 Å². The van der Waals surface area contributed by atoms with E-state index in [1.165, 1.54) is 11.1 Å². The molecule has 0 bridgehead atoms. The maximum Gasteiger partial charge on any atom is 0.102 e. The third-order valence-electron chi connectivity index (χ3n) is 4.08. The molecule has 2 heteroatoms. The molecule has 0 saturated heterocycles. The average molecular weight is 315 g/mol. The molecule has 0 fully saturated rings. The van der Waals surface area contributed by atoms with E-state index in [9.17, 15) is 5.21 Å². The highest BCUT2D eigenvalue weighted by atomic mass is 16.5. The van der Waals surface area contributed by atoms with Gasteiger partial charge in [-0.3, -0.25) is 0 Å². The van der Waals surface area contributed by atoms with Crippen molar-refractivity contribution in [1.29, 1.82) is 0 Å². The maximum atomic E-state index is 12.3. The first-order chi connectivity index (χ1) is 11.8. The fraction of sp³-hybridized carbons (Fsp3) is 0.182. The van der Waals surface area contributed by atoms with Crippen molar-refractivity contribution in [3.8, 4) is 23.0 Å². The highest BCUT2D eigenvalue weighted by molar-refractivity contribution is 5.64. The normalized spacial score (nSPS) is 18.9. The lowest BCUT2D eigenvalue weighted by Crippen LogP contribution is -2.38. The Bertz CT molecular complexity index is 778. The molecule has 1 unspecified atom stereocenters. The van der Waals surface area contributed by atoms with E-state index >= 15 is 0 Å². The quantitative estimate of drug-likeness (QED) is 0.341. The first-order valence-corrected chi connectivity index (χ1v) is 8.32. The lowest BCUT2D eigenvalue weighted by atomic mass is 10.0. The van der Waals surface area contributed by atoms with Crippen LogP contribution in [0.15, 0.2) is 79.0 Å². The number of nitrogens with zero attached hydrogens (tertiary/aromatic N) is 1. The Kier molecular flexibility index (Phi) is 5.28. The van der Waals surface area contributed by atoms with Crippen molar-refractivity contribution in [2.75, 3.05) is 13.1 Å². The van der Waals surface area contributed by atoms with Gasteiger partial charge in [0.05, 0.1) is 12.7 Å². The van der Waals surface area contributed by atoms with E-state index in [0.29, 0.717) is 13.1 Å². The second-order valence-electron chi connectivity index (χ2n) is 5.98. The van der Waals surface area contributed by atoms with Crippen LogP contribution in [0.3, 0.4) is 0 Å². The summed E-state index contributed by atoms with van der Waals surface area (Å²) in [5.41, 5.74) is 3.43. The fourth-order valence-corrected chi connectivity index (χ4v) is 2.73. The molecule has 120 valence electrons. The predicted molar refractivity (Wildman–Crippen MR) is 99.6 cm³/mol. The summed E-state index contributed by atoms with van der Waals surface area (Å²) >= 11 is 0. The van der Waals surface area contributed by atoms with Gasteiger partial charge < -0.3 is 9.85 Å². The molecule has 2 aromatic carbocycles. The summed E-state index contributed by atoms with van der Waals surface area (Å²) in [7, 11) is 0. The Morgan fingerprint density at radius 3 is 2.38 bits per heavy atom. The molecule has 0 aliphatic carbocycles. The predicted octanol–water partition coefficient (Wildman–Crippen LogP) is 4.88. The second kappa shape index (κ2) is 7.79. The molecule has 24 heavy (non-hydrogen) atoms. The molecule has 2 aromatic rings. The number of quaternary nitrogens is 1. The first-order valence-electron chi connectivity index (χ1n) is 8.32. The van der Waals surface area contributed by atoms with Crippen molar-refractivity contribution < 1.29 is 4.65 Å². The van der Waals surface area contributed by atoms with Crippen LogP contribution >= 0.6 is 0 Å². The zero-order valence-electron chi connectivity index (χ0n) is 13.7. The van der Waals surface area contributed by atoms with E-state index in [2.05, 4.69) is 48.2 Å². The minimum atomic E-state index is -0.260. The van der Waals surface area contributed by atoms with Crippen LogP contribution in [0, 0.1) is 17.0 Å². The van der Waals surface area contributed by atoms with Crippen molar-refractivity contribution in [3.63, 3.8) is 0 Å². The smallest absolute Gasteiger partial charge is 0.102 e. The lowest BCUT2D eigenvalue weighted by Gasteiger charge is -2.39. The van der Waals surface area contributed by atoms with E-state index in [-0.39, 0.29) is 4.65 Å². The first kappa shape index (κ1) is 16.3. The van der Waals surface area contributed by atoms with Crippen LogP contribution in [-0.4, -0.2) is 17.7 Å². The molecule has 1 atom stereocenters. The molecule has 0 N–H and O–H groups in total. The Morgan fingerprint density at radius 2 is 1.67 bits per heavy atom. The zero-order chi connectivity index (χ0) is 16.7. The zero-order valence-corrected chi connectivity index (χ0v) is 13.7. The van der Waals surface area contributed by atoms with Gasteiger partial charge in [-0.25, -0.2) is 0 Å². The Labute approximate surface area is 143 Å². The highest BCUT2D eigenvalue weighted by Gasteiger charge is 2.12. The van der Waals surface area contributed by atoms with E-state index < -0.39 is 0 Å². The molecule has 1 aliphatic rings. The molecule has 0 amide bonds. The number of hydrogen-bond donors (Lipinski definition) is 0. The van der Waals surface area contributed by atoms with E-state index in [0.717, 1.165) is 18.4 Å². The topological polar surface area (TPSA) is 23.1 Å². The van der Waals surface area contributed by atoms with E-state index in [1.807, 2.05) is 36.4 Å². The Balaban J connectivity index is 1.51. The standard InChI is InChI=1S/C22H21NO/c24-23(18-8-3-9-19-23)17-7-2-4-10-20-13-15-22(16-14-20)21-11-5-1-6-12-21/h1,3,5-6,8-9,11-16,18H,2,7,17,19H2. The summed E-state index contributed by atoms with van der Waals surface area (Å²) in [6.45, 7) is 1.12. The third-order valence-corrected chi connectivity index (χ3v) is 4.08. The van der Waals surface area contributed by atoms with E-state index in [1.54, 1.807) is 6.20 Å². The molecule has 0 saturated carbocycles. The van der Waals surface area contributed by atoms with Crippen LogP contribution in [0.2, 0.25) is 0 Å². The third kappa shape index (κ3) is 4.45. The Morgan fingerprint density at radius 1 is 0.917 bits per heavy atom. The van der Waals surface area contributed by atoms with Crippen LogP contribution in [-0.2, 0) is 0 Å². The molecular weight excluding hydrogens is 294 g/mol. The number of benzene rings is 2. The van der Waals surface area contributed by atoms with Gasteiger partial charge in [0.1, 0.15) is 6.54 Å². The molecule has 1 heterocycles. The largest absolute Gasteiger partial charge is 0.628 e. The van der Waals surface area contributed by atoms with Crippen molar-refractivity contribution in [3.05, 3.63) is 89.8 Å². The molecule has 3 rings (SSSR count). The highest BCUT2D eigenvalue weighted by Crippen LogP contribution is 2.19. The van der Waals surface area contributed by atoms with Gasteiger partial charge in [-0.15, -0.1) is 0 Å². The van der Waals surface area contributed by atoms with Gasteiger partial charge in [0.15, 0.2) is 0 Å². The molecule has 2 nitrogen and oxygen atoms in total. The Hall–Kier alpha value is -2.60. The summed E-state index contributed by atoms with van der Waals surface area (Å²) < 4.78 is -0.260. The van der Waals surface area contributed by atoms with Crippen LogP contribution in [0.5, 0.6) is 0 Å². The number of hydrogen-bond acceptors (Lipinski definition) is 1. The monoisotopic (exact) mass is 315 g/mol. The van der Waals surface area contributed by atoms with Gasteiger partial charge >= 0.3 is 0 Å². The van der Waals surface area contributed by atoms with Crippen molar-refractivity contribution in [2.24, 2.45) is 0 Å². The van der Waals surface area contributed by atoms with Crippen LogP contribution in [0.4, 0.5) is 0 Å². The van der Waals surface area contributed by atoms with Crippen molar-refractivity contribution in [2.45, 2.75) is 12.8 Å². The van der Waals surface area contributed by atoms with Gasteiger partial charge in [-0.05, 0) is 35.4 Å². The van der Waals surface area contributed by atoms with E-state index in [4.69, 9.17) is 0 Å². The minimum absolute atomic E-state index is 0.260. The summed E-state index contributed by atoms with van der Waals surface area (Å²) in [6.07, 6.45) is 8.96. The fourth-order valence-electron chi connectivity index (χ4n) is 2.73. The number of unbranched alkanes of at least 4 members (excludes halogenated alkanes) is 1. The summed E-state index contributed by atoms with van der Waals surface area (Å²) in [5.74, 6) is 6.36. The summed E-state index contributed by atoms with van der Waals surface area (Å²) in [5, 5.41) is 12.3. The van der Waals surface area contributed by atoms with Gasteiger partial charge in [0, 0.05) is 18.4 Å². The van der Waals surface area contributed by atoms with Crippen molar-refractivity contribution >= 4 is 0 Å². The number of rotatable bonds is 4. The molecular formula is C22H21NO. The lowest BCUT2D eigenvalue weighted by molar-refractivity contribution is -0.823. The minimum Gasteiger partial charge on any atom is -0.628 e. The molecule has 1 aliphatic heterocycles. The van der Waals surface area contributed by atoms with Crippen LogP contribution < -0.4 is 0 Å². The maximum absolute atomic E-state index is 12.3. The van der Waals surface area contributed by atoms with Crippen LogP contribution in [0.1, 0.15) is 18.4 Å². The molecule has 0 radical (unpaired) electrons. The van der Waals surface area contributed by atoms with Crippen LogP contribution in [0.25, 0.3) is 11.1 Å². The SMILES string of the molecule is [O-][N+]1(CCCC#Cc2ccc(-c3ccccc3)cc2)C=CC=CC1. The average Bonchev–Trinajstić information content (AvgIpc) is 2.63. The van der Waals surface area contributed by atoms with Gasteiger partial charge in [-0.2, -0.15) is 0 Å². The molecule has 0 spiro atoms. The molecule has 0 aromatic heterocycles. The van der Waals surface area contributed by atoms with Gasteiger partial charge in [0.2, 0.25) is 0 Å².